The Bertz CT molecular complexity index is 532. The summed E-state index contributed by atoms with van der Waals surface area (Å²) in [5, 5.41) is 6.99. The Morgan fingerprint density at radius 1 is 1.61 bits per heavy atom. The van der Waals surface area contributed by atoms with Gasteiger partial charge in [-0.2, -0.15) is 10.1 Å². The molecule has 0 fully saturated rings. The monoisotopic (exact) mass is 250 g/mol. The molecule has 0 radical (unpaired) electrons. The normalized spacial score (nSPS) is 10.3. The van der Waals surface area contributed by atoms with Gasteiger partial charge >= 0.3 is 5.97 Å². The van der Waals surface area contributed by atoms with E-state index in [1.165, 1.54) is 6.26 Å². The van der Waals surface area contributed by atoms with Gasteiger partial charge in [-0.1, -0.05) is 0 Å². The fourth-order valence-electron chi connectivity index (χ4n) is 1.39. The van der Waals surface area contributed by atoms with E-state index in [2.05, 4.69) is 15.4 Å². The second-order valence-electron chi connectivity index (χ2n) is 3.63. The molecule has 0 amide bonds. The molecule has 7 nitrogen and oxygen atoms in total. The van der Waals surface area contributed by atoms with Gasteiger partial charge in [0.1, 0.15) is 6.26 Å². The van der Waals surface area contributed by atoms with Crippen molar-refractivity contribution >= 4 is 12.0 Å². The number of nitrogens with zero attached hydrogens (tertiary/aromatic N) is 3. The topological polar surface area (TPSA) is 82.2 Å². The Morgan fingerprint density at radius 2 is 2.44 bits per heavy atom. The first kappa shape index (κ1) is 12.2. The number of carbonyl (C=O) groups is 1. The van der Waals surface area contributed by atoms with Crippen LogP contribution in [0, 0.1) is 0 Å². The number of oxazole rings is 1. The van der Waals surface area contributed by atoms with Crippen molar-refractivity contribution in [1.82, 2.24) is 14.8 Å². The molecule has 0 atom stereocenters. The minimum absolute atomic E-state index is 0.158. The van der Waals surface area contributed by atoms with E-state index in [1.54, 1.807) is 17.8 Å². The molecule has 0 spiro atoms. The molecule has 0 aliphatic rings. The zero-order valence-electron chi connectivity index (χ0n) is 10.2. The van der Waals surface area contributed by atoms with Gasteiger partial charge in [-0.15, -0.1) is 0 Å². The van der Waals surface area contributed by atoms with E-state index < -0.39 is 5.97 Å². The molecule has 2 aromatic heterocycles. The first-order valence-corrected chi connectivity index (χ1v) is 5.53. The predicted molar refractivity (Wildman–Crippen MR) is 63.0 cm³/mol. The van der Waals surface area contributed by atoms with E-state index in [0.717, 1.165) is 5.56 Å². The van der Waals surface area contributed by atoms with Crippen molar-refractivity contribution in [2.45, 2.75) is 13.5 Å². The summed E-state index contributed by atoms with van der Waals surface area (Å²) in [4.78, 5) is 15.3. The van der Waals surface area contributed by atoms with Crippen LogP contribution in [0.1, 0.15) is 23.0 Å². The Hall–Kier alpha value is -2.31. The van der Waals surface area contributed by atoms with Crippen molar-refractivity contribution in [3.8, 4) is 0 Å². The van der Waals surface area contributed by atoms with Crippen LogP contribution in [-0.4, -0.2) is 27.3 Å². The molecule has 0 aliphatic heterocycles. The molecule has 2 rings (SSSR count). The van der Waals surface area contributed by atoms with Crippen LogP contribution in [0.2, 0.25) is 0 Å². The second-order valence-corrected chi connectivity index (χ2v) is 3.63. The van der Waals surface area contributed by atoms with Gasteiger partial charge in [-0.05, 0) is 6.92 Å². The summed E-state index contributed by atoms with van der Waals surface area (Å²) in [5.41, 5.74) is 1.15. The van der Waals surface area contributed by atoms with Crippen LogP contribution in [-0.2, 0) is 18.3 Å². The van der Waals surface area contributed by atoms with Crippen LogP contribution in [0.15, 0.2) is 23.1 Å². The lowest BCUT2D eigenvalue weighted by molar-refractivity contribution is 0.0519. The molecule has 0 saturated heterocycles. The number of hydrogen-bond acceptors (Lipinski definition) is 6. The summed E-state index contributed by atoms with van der Waals surface area (Å²) in [5.74, 6) is -0.490. The smallest absolute Gasteiger partial charge is 0.360 e. The van der Waals surface area contributed by atoms with Crippen LogP contribution >= 0.6 is 0 Å². The molecule has 0 unspecified atom stereocenters. The van der Waals surface area contributed by atoms with E-state index in [4.69, 9.17) is 9.15 Å². The molecular weight excluding hydrogens is 236 g/mol. The average molecular weight is 250 g/mol. The first-order valence-electron chi connectivity index (χ1n) is 5.53. The van der Waals surface area contributed by atoms with Gasteiger partial charge < -0.3 is 14.5 Å². The first-order chi connectivity index (χ1) is 8.69. The number of esters is 1. The van der Waals surface area contributed by atoms with Crippen LogP contribution in [0.3, 0.4) is 0 Å². The van der Waals surface area contributed by atoms with Gasteiger partial charge in [0.25, 0.3) is 6.01 Å². The van der Waals surface area contributed by atoms with Crippen LogP contribution in [0.25, 0.3) is 0 Å². The molecule has 2 aromatic rings. The summed E-state index contributed by atoms with van der Waals surface area (Å²) >= 11 is 0. The summed E-state index contributed by atoms with van der Waals surface area (Å²) in [6, 6.07) is 0.280. The Balaban J connectivity index is 1.92. The lowest BCUT2D eigenvalue weighted by Gasteiger charge is -1.97. The van der Waals surface area contributed by atoms with Crippen molar-refractivity contribution in [3.63, 3.8) is 0 Å². The molecule has 0 aliphatic carbocycles. The van der Waals surface area contributed by atoms with Crippen molar-refractivity contribution < 1.29 is 13.9 Å². The predicted octanol–water partition coefficient (Wildman–Crippen LogP) is 1.20. The zero-order valence-corrected chi connectivity index (χ0v) is 10.2. The molecular formula is C11H14N4O3. The van der Waals surface area contributed by atoms with E-state index in [0.29, 0.717) is 13.2 Å². The maximum absolute atomic E-state index is 11.3. The average Bonchev–Trinajstić information content (AvgIpc) is 2.95. The van der Waals surface area contributed by atoms with Gasteiger partial charge in [-0.3, -0.25) is 4.68 Å². The van der Waals surface area contributed by atoms with E-state index >= 15 is 0 Å². The molecule has 1 N–H and O–H groups in total. The number of aromatic nitrogens is 3. The maximum atomic E-state index is 11.3. The highest BCUT2D eigenvalue weighted by atomic mass is 16.5. The van der Waals surface area contributed by atoms with E-state index in [1.807, 2.05) is 13.2 Å². The summed E-state index contributed by atoms with van der Waals surface area (Å²) in [6.45, 7) is 2.57. The van der Waals surface area contributed by atoms with E-state index in [-0.39, 0.29) is 11.7 Å². The van der Waals surface area contributed by atoms with Gasteiger partial charge in [-0.25, -0.2) is 4.79 Å². The second kappa shape index (κ2) is 5.35. The summed E-state index contributed by atoms with van der Waals surface area (Å²) in [6.07, 6.45) is 4.88. The highest BCUT2D eigenvalue weighted by molar-refractivity contribution is 5.87. The van der Waals surface area contributed by atoms with Gasteiger partial charge in [0, 0.05) is 25.4 Å². The molecule has 0 saturated carbocycles. The highest BCUT2D eigenvalue weighted by Crippen LogP contribution is 2.10. The van der Waals surface area contributed by atoms with Gasteiger partial charge in [0.15, 0.2) is 5.69 Å². The fourth-order valence-corrected chi connectivity index (χ4v) is 1.39. The molecule has 0 bridgehead atoms. The van der Waals surface area contributed by atoms with Crippen LogP contribution in [0.5, 0.6) is 0 Å². The maximum Gasteiger partial charge on any atom is 0.360 e. The third-order valence-corrected chi connectivity index (χ3v) is 2.19. The minimum Gasteiger partial charge on any atom is -0.461 e. The molecule has 0 aromatic carbocycles. The quantitative estimate of drug-likeness (QED) is 0.803. The fraction of sp³-hybridized carbons (Fsp3) is 0.364. The number of rotatable bonds is 5. The highest BCUT2D eigenvalue weighted by Gasteiger charge is 2.12. The number of anilines is 1. The number of carbonyl (C=O) groups excluding carboxylic acids is 1. The standard InChI is InChI=1S/C11H14N4O3/c1-3-17-10(16)9-7-18-11(14-9)12-4-8-5-13-15(2)6-8/h5-7H,3-4H2,1-2H3,(H,12,14). The third-order valence-electron chi connectivity index (χ3n) is 2.19. The number of hydrogen-bond donors (Lipinski definition) is 1. The molecule has 96 valence electrons. The minimum atomic E-state index is -0.490. The SMILES string of the molecule is CCOC(=O)c1coc(NCc2cnn(C)c2)n1. The van der Waals surface area contributed by atoms with Crippen LogP contribution < -0.4 is 5.32 Å². The van der Waals surface area contributed by atoms with Crippen LogP contribution in [0.4, 0.5) is 6.01 Å². The Morgan fingerprint density at radius 3 is 3.11 bits per heavy atom. The van der Waals surface area contributed by atoms with Gasteiger partial charge in [0.05, 0.1) is 12.8 Å². The number of ether oxygens (including phenoxy) is 1. The number of aryl methyl sites for hydroxylation is 1. The summed E-state index contributed by atoms with van der Waals surface area (Å²) in [7, 11) is 1.84. The summed E-state index contributed by atoms with van der Waals surface area (Å²) < 4.78 is 11.6. The zero-order chi connectivity index (χ0) is 13.0. The Kier molecular flexibility index (Phi) is 3.61. The number of nitrogens with one attached hydrogen (secondary N) is 1. The lowest BCUT2D eigenvalue weighted by atomic mass is 10.4. The van der Waals surface area contributed by atoms with Crippen molar-refractivity contribution in [2.24, 2.45) is 7.05 Å². The van der Waals surface area contributed by atoms with Crippen molar-refractivity contribution in [1.29, 1.82) is 0 Å². The van der Waals surface area contributed by atoms with Crippen molar-refractivity contribution in [2.75, 3.05) is 11.9 Å². The van der Waals surface area contributed by atoms with Gasteiger partial charge in [0.2, 0.25) is 0 Å². The lowest BCUT2D eigenvalue weighted by Crippen LogP contribution is -2.05. The third kappa shape index (κ3) is 2.88. The molecule has 2 heterocycles. The molecule has 18 heavy (non-hydrogen) atoms. The molecule has 7 heteroatoms. The van der Waals surface area contributed by atoms with E-state index in [9.17, 15) is 4.79 Å². The van der Waals surface area contributed by atoms with Crippen molar-refractivity contribution in [3.05, 3.63) is 29.9 Å². The largest absolute Gasteiger partial charge is 0.461 e. The Labute approximate surface area is 104 Å².